The van der Waals surface area contributed by atoms with Crippen molar-refractivity contribution >= 4 is 27.9 Å². The molecule has 3 aromatic carbocycles. The molecule has 0 unspecified atom stereocenters. The minimum absolute atomic E-state index is 0.00975. The van der Waals surface area contributed by atoms with E-state index in [9.17, 15) is 13.5 Å². The quantitative estimate of drug-likeness (QED) is 0.334. The highest BCUT2D eigenvalue weighted by Crippen LogP contribution is 2.40. The summed E-state index contributed by atoms with van der Waals surface area (Å²) in [6, 6.07) is 13.1. The van der Waals surface area contributed by atoms with Crippen LogP contribution >= 0.6 is 0 Å². The summed E-state index contributed by atoms with van der Waals surface area (Å²) >= 11 is 0. The zero-order chi connectivity index (χ0) is 24.9. The maximum absolute atomic E-state index is 12.8. The molecule has 0 atom stereocenters. The Hall–Kier alpha value is -3.85. The van der Waals surface area contributed by atoms with Crippen molar-refractivity contribution in [3.8, 4) is 28.7 Å². The maximum Gasteiger partial charge on any atom is 0.262 e. The summed E-state index contributed by atoms with van der Waals surface area (Å²) in [5, 5.41) is 10.5. The standard InChI is InChI=1S/C25H27NO7S/c1-16-6-10-19(11-7-16)34(28,29)26-20-12-17(13-21(30-2)24(20)27)8-9-18-14-22(31-3)25(33-5)23(15-18)32-4/h6-15,26-27H,1-5H3/b9-8-. The number of sulfonamides is 1. The smallest absolute Gasteiger partial charge is 0.262 e. The van der Waals surface area contributed by atoms with E-state index in [2.05, 4.69) is 4.72 Å². The van der Waals surface area contributed by atoms with Crippen molar-refractivity contribution in [2.45, 2.75) is 11.8 Å². The van der Waals surface area contributed by atoms with Gasteiger partial charge in [-0.15, -0.1) is 0 Å². The lowest BCUT2D eigenvalue weighted by Crippen LogP contribution is -2.13. The highest BCUT2D eigenvalue weighted by molar-refractivity contribution is 7.92. The van der Waals surface area contributed by atoms with Gasteiger partial charge in [-0.2, -0.15) is 0 Å². The fourth-order valence-corrected chi connectivity index (χ4v) is 4.33. The van der Waals surface area contributed by atoms with Gasteiger partial charge in [0.15, 0.2) is 23.0 Å². The highest BCUT2D eigenvalue weighted by Gasteiger charge is 2.19. The number of ether oxygens (including phenoxy) is 4. The summed E-state index contributed by atoms with van der Waals surface area (Å²) in [6.07, 6.45) is 3.53. The van der Waals surface area contributed by atoms with E-state index in [0.717, 1.165) is 11.1 Å². The SMILES string of the molecule is COc1cc(/C=C\c2cc(OC)c(OC)c(OC)c2)cc(NS(=O)(=O)c2ccc(C)cc2)c1O. The number of anilines is 1. The molecule has 0 aromatic heterocycles. The molecule has 0 saturated carbocycles. The van der Waals surface area contributed by atoms with Crippen molar-refractivity contribution < 1.29 is 32.5 Å². The predicted molar refractivity (Wildman–Crippen MR) is 132 cm³/mol. The Balaban J connectivity index is 1.99. The fourth-order valence-electron chi connectivity index (χ4n) is 3.27. The number of rotatable bonds is 9. The van der Waals surface area contributed by atoms with E-state index in [4.69, 9.17) is 18.9 Å². The van der Waals surface area contributed by atoms with Gasteiger partial charge in [-0.25, -0.2) is 8.42 Å². The van der Waals surface area contributed by atoms with Gasteiger partial charge in [-0.3, -0.25) is 4.72 Å². The van der Waals surface area contributed by atoms with E-state index in [1.807, 2.05) is 6.92 Å². The molecule has 0 saturated heterocycles. The fraction of sp³-hybridized carbons (Fsp3) is 0.200. The lowest BCUT2D eigenvalue weighted by atomic mass is 10.1. The number of hydrogen-bond acceptors (Lipinski definition) is 7. The zero-order valence-corrected chi connectivity index (χ0v) is 20.4. The van der Waals surface area contributed by atoms with Crippen molar-refractivity contribution in [3.63, 3.8) is 0 Å². The van der Waals surface area contributed by atoms with Crippen LogP contribution in [-0.2, 0) is 10.0 Å². The van der Waals surface area contributed by atoms with Gasteiger partial charge in [0, 0.05) is 0 Å². The molecule has 0 heterocycles. The molecule has 9 heteroatoms. The molecule has 0 aliphatic heterocycles. The molecule has 0 aliphatic rings. The molecule has 0 aliphatic carbocycles. The van der Waals surface area contributed by atoms with E-state index >= 15 is 0 Å². The summed E-state index contributed by atoms with van der Waals surface area (Å²) in [6.45, 7) is 1.87. The van der Waals surface area contributed by atoms with E-state index in [-0.39, 0.29) is 22.1 Å². The molecule has 0 bridgehead atoms. The number of phenolic OH excluding ortho intramolecular Hbond substituents is 1. The van der Waals surface area contributed by atoms with Gasteiger partial charge >= 0.3 is 0 Å². The molecular weight excluding hydrogens is 458 g/mol. The highest BCUT2D eigenvalue weighted by atomic mass is 32.2. The second-order valence-electron chi connectivity index (χ2n) is 7.33. The number of aromatic hydroxyl groups is 1. The van der Waals surface area contributed by atoms with Crippen molar-refractivity contribution in [1.82, 2.24) is 0 Å². The van der Waals surface area contributed by atoms with Crippen LogP contribution in [0.25, 0.3) is 12.2 Å². The largest absolute Gasteiger partial charge is 0.503 e. The molecular formula is C25H27NO7S. The Kier molecular flexibility index (Phi) is 7.57. The first-order valence-electron chi connectivity index (χ1n) is 10.2. The van der Waals surface area contributed by atoms with E-state index < -0.39 is 10.0 Å². The molecule has 0 spiro atoms. The van der Waals surface area contributed by atoms with E-state index in [1.54, 1.807) is 42.5 Å². The molecule has 2 N–H and O–H groups in total. The number of methoxy groups -OCH3 is 4. The molecule has 180 valence electrons. The summed E-state index contributed by atoms with van der Waals surface area (Å²) in [7, 11) is 2.05. The van der Waals surface area contributed by atoms with Crippen molar-refractivity contribution in [2.75, 3.05) is 33.2 Å². The summed E-state index contributed by atoms with van der Waals surface area (Å²) in [5.41, 5.74) is 2.26. The molecule has 0 fully saturated rings. The van der Waals surface area contributed by atoms with Gasteiger partial charge in [0.05, 0.1) is 39.0 Å². The third kappa shape index (κ3) is 5.37. The first-order chi connectivity index (χ1) is 16.2. The second-order valence-corrected chi connectivity index (χ2v) is 9.01. The number of hydrogen-bond donors (Lipinski definition) is 2. The summed E-state index contributed by atoms with van der Waals surface area (Å²) < 4.78 is 49.5. The average molecular weight is 486 g/mol. The van der Waals surface area contributed by atoms with Crippen LogP contribution < -0.4 is 23.7 Å². The monoisotopic (exact) mass is 485 g/mol. The Morgan fingerprint density at radius 3 is 1.76 bits per heavy atom. The number of phenols is 1. The van der Waals surface area contributed by atoms with Crippen LogP contribution in [-0.4, -0.2) is 42.0 Å². The van der Waals surface area contributed by atoms with Crippen LogP contribution in [0.2, 0.25) is 0 Å². The van der Waals surface area contributed by atoms with Crippen LogP contribution in [0.4, 0.5) is 5.69 Å². The van der Waals surface area contributed by atoms with Crippen LogP contribution in [0, 0.1) is 6.92 Å². The van der Waals surface area contributed by atoms with Gasteiger partial charge in [-0.05, 0) is 54.4 Å². The van der Waals surface area contributed by atoms with Crippen molar-refractivity contribution in [1.29, 1.82) is 0 Å². The third-order valence-electron chi connectivity index (χ3n) is 5.05. The topological polar surface area (TPSA) is 103 Å². The predicted octanol–water partition coefficient (Wildman–Crippen LogP) is 4.71. The number of nitrogens with one attached hydrogen (secondary N) is 1. The van der Waals surface area contributed by atoms with Crippen LogP contribution in [0.15, 0.2) is 53.4 Å². The lowest BCUT2D eigenvalue weighted by molar-refractivity contribution is 0.324. The van der Waals surface area contributed by atoms with E-state index in [1.165, 1.54) is 46.6 Å². The maximum atomic E-state index is 12.8. The van der Waals surface area contributed by atoms with Crippen LogP contribution in [0.5, 0.6) is 28.7 Å². The molecule has 0 radical (unpaired) electrons. The first kappa shape index (κ1) is 24.8. The zero-order valence-electron chi connectivity index (χ0n) is 19.6. The van der Waals surface area contributed by atoms with Gasteiger partial charge in [0.1, 0.15) is 0 Å². The van der Waals surface area contributed by atoms with Crippen LogP contribution in [0.1, 0.15) is 16.7 Å². The van der Waals surface area contributed by atoms with Gasteiger partial charge in [0.2, 0.25) is 5.75 Å². The average Bonchev–Trinajstić information content (AvgIpc) is 2.83. The first-order valence-corrected chi connectivity index (χ1v) is 11.7. The molecule has 0 amide bonds. The van der Waals surface area contributed by atoms with Crippen molar-refractivity contribution in [3.05, 3.63) is 65.2 Å². The van der Waals surface area contributed by atoms with Gasteiger partial charge in [-0.1, -0.05) is 29.8 Å². The lowest BCUT2D eigenvalue weighted by Gasteiger charge is -2.14. The minimum Gasteiger partial charge on any atom is -0.503 e. The van der Waals surface area contributed by atoms with Crippen LogP contribution in [0.3, 0.4) is 0 Å². The van der Waals surface area contributed by atoms with Gasteiger partial charge in [0.25, 0.3) is 10.0 Å². The second kappa shape index (κ2) is 10.4. The Morgan fingerprint density at radius 1 is 0.765 bits per heavy atom. The number of benzene rings is 3. The molecule has 3 aromatic rings. The Morgan fingerprint density at radius 2 is 1.26 bits per heavy atom. The van der Waals surface area contributed by atoms with E-state index in [0.29, 0.717) is 22.8 Å². The molecule has 34 heavy (non-hydrogen) atoms. The Bertz CT molecular complexity index is 1270. The van der Waals surface area contributed by atoms with Crippen molar-refractivity contribution in [2.24, 2.45) is 0 Å². The minimum atomic E-state index is -3.92. The summed E-state index contributed by atoms with van der Waals surface area (Å²) in [4.78, 5) is 0.0786. The molecule has 8 nitrogen and oxygen atoms in total. The normalized spacial score (nSPS) is 11.3. The summed E-state index contributed by atoms with van der Waals surface area (Å²) in [5.74, 6) is 1.27. The van der Waals surface area contributed by atoms with Gasteiger partial charge < -0.3 is 24.1 Å². The number of aryl methyl sites for hydroxylation is 1. The Labute approximate surface area is 199 Å². The third-order valence-corrected chi connectivity index (χ3v) is 6.43. The molecule has 3 rings (SSSR count).